The van der Waals surface area contributed by atoms with Gasteiger partial charge < -0.3 is 0 Å². The summed E-state index contributed by atoms with van der Waals surface area (Å²) < 4.78 is 0. The number of halogens is 1. The first-order chi connectivity index (χ1) is 11.2. The molecule has 130 valence electrons. The molecule has 2 aromatic carbocycles. The summed E-state index contributed by atoms with van der Waals surface area (Å²) in [5.41, 5.74) is 11.5. The van der Waals surface area contributed by atoms with Crippen LogP contribution in [0.5, 0.6) is 0 Å². The minimum atomic E-state index is 0.156. The average Bonchev–Trinajstić information content (AvgIpc) is 2.46. The Kier molecular flexibility index (Phi) is 5.96. The number of hydrogen-bond donors (Lipinski definition) is 0. The summed E-state index contributed by atoms with van der Waals surface area (Å²) in [6.07, 6.45) is 2.30. The monoisotopic (exact) mass is 386 g/mol. The van der Waals surface area contributed by atoms with Crippen LogP contribution in [0.25, 0.3) is 11.1 Å². The van der Waals surface area contributed by atoms with E-state index in [1.54, 1.807) is 0 Å². The predicted molar refractivity (Wildman–Crippen MR) is 111 cm³/mol. The van der Waals surface area contributed by atoms with Gasteiger partial charge in [-0.15, -0.1) is 0 Å². The molecule has 0 radical (unpaired) electrons. The lowest BCUT2D eigenvalue weighted by Crippen LogP contribution is -2.13. The SMILES string of the molecule is CCCc1c(CBr)cc(C(C)(C)C)cc1-c1c(C)cc(C)cc1C. The zero-order valence-electron chi connectivity index (χ0n) is 16.3. The Hall–Kier alpha value is -1.08. The highest BCUT2D eigenvalue weighted by atomic mass is 79.9. The Labute approximate surface area is 156 Å². The van der Waals surface area contributed by atoms with Gasteiger partial charge in [0, 0.05) is 5.33 Å². The zero-order chi connectivity index (χ0) is 18.1. The molecule has 0 bridgehead atoms. The van der Waals surface area contributed by atoms with E-state index in [4.69, 9.17) is 0 Å². The van der Waals surface area contributed by atoms with Gasteiger partial charge in [-0.05, 0) is 71.6 Å². The van der Waals surface area contributed by atoms with Gasteiger partial charge in [-0.2, -0.15) is 0 Å². The van der Waals surface area contributed by atoms with E-state index in [9.17, 15) is 0 Å². The van der Waals surface area contributed by atoms with E-state index < -0.39 is 0 Å². The molecule has 0 aliphatic heterocycles. The standard InChI is InChI=1S/C23H31Br/c1-8-9-20-18(14-24)12-19(23(5,6)7)13-21(20)22-16(3)10-15(2)11-17(22)4/h10-13H,8-9,14H2,1-7H3. The van der Waals surface area contributed by atoms with Crippen molar-refractivity contribution >= 4 is 15.9 Å². The molecule has 2 aromatic rings. The van der Waals surface area contributed by atoms with Gasteiger partial charge in [0.2, 0.25) is 0 Å². The van der Waals surface area contributed by atoms with Crippen molar-refractivity contribution in [1.82, 2.24) is 0 Å². The van der Waals surface area contributed by atoms with E-state index in [0.717, 1.165) is 11.8 Å². The normalized spacial score (nSPS) is 11.8. The quantitative estimate of drug-likeness (QED) is 0.479. The highest BCUT2D eigenvalue weighted by molar-refractivity contribution is 9.08. The molecule has 0 N–H and O–H groups in total. The van der Waals surface area contributed by atoms with Crippen LogP contribution in [-0.2, 0) is 17.2 Å². The molecule has 0 heterocycles. The molecule has 0 saturated heterocycles. The Morgan fingerprint density at radius 2 is 1.50 bits per heavy atom. The fourth-order valence-electron chi connectivity index (χ4n) is 3.66. The first-order valence-corrected chi connectivity index (χ1v) is 10.1. The topological polar surface area (TPSA) is 0 Å². The minimum absolute atomic E-state index is 0.156. The number of alkyl halides is 1. The summed E-state index contributed by atoms with van der Waals surface area (Å²) in [5, 5.41) is 0.920. The van der Waals surface area contributed by atoms with Crippen molar-refractivity contribution in [1.29, 1.82) is 0 Å². The Morgan fingerprint density at radius 3 is 1.96 bits per heavy atom. The maximum absolute atomic E-state index is 3.73. The number of rotatable bonds is 4. The second-order valence-corrected chi connectivity index (χ2v) is 8.63. The number of benzene rings is 2. The summed E-state index contributed by atoms with van der Waals surface area (Å²) in [7, 11) is 0. The Balaban J connectivity index is 2.85. The van der Waals surface area contributed by atoms with E-state index in [1.807, 2.05) is 0 Å². The van der Waals surface area contributed by atoms with Crippen LogP contribution in [0.1, 0.15) is 67.5 Å². The predicted octanol–water partition coefficient (Wildman–Crippen LogP) is 7.42. The molecular weight excluding hydrogens is 356 g/mol. The van der Waals surface area contributed by atoms with Crippen molar-refractivity contribution in [2.24, 2.45) is 0 Å². The number of hydrogen-bond acceptors (Lipinski definition) is 0. The summed E-state index contributed by atoms with van der Waals surface area (Å²) in [5.74, 6) is 0. The van der Waals surface area contributed by atoms with Crippen LogP contribution in [0.4, 0.5) is 0 Å². The molecular formula is C23H31Br. The lowest BCUT2D eigenvalue weighted by atomic mass is 9.80. The largest absolute Gasteiger partial charge is 0.0876 e. The van der Waals surface area contributed by atoms with Gasteiger partial charge in [0.25, 0.3) is 0 Å². The first kappa shape index (κ1) is 19.2. The summed E-state index contributed by atoms with van der Waals surface area (Å²) in [6.45, 7) is 15.9. The minimum Gasteiger partial charge on any atom is -0.0876 e. The van der Waals surface area contributed by atoms with Crippen molar-refractivity contribution in [3.63, 3.8) is 0 Å². The van der Waals surface area contributed by atoms with Gasteiger partial charge in [0.15, 0.2) is 0 Å². The second kappa shape index (κ2) is 7.44. The molecule has 2 rings (SSSR count). The first-order valence-electron chi connectivity index (χ1n) is 8.99. The van der Waals surface area contributed by atoms with Crippen LogP contribution in [0.2, 0.25) is 0 Å². The van der Waals surface area contributed by atoms with Gasteiger partial charge in [0.1, 0.15) is 0 Å². The maximum Gasteiger partial charge on any atom is 0.0286 e. The molecule has 1 heteroatoms. The van der Waals surface area contributed by atoms with E-state index >= 15 is 0 Å². The van der Waals surface area contributed by atoms with Crippen molar-refractivity contribution < 1.29 is 0 Å². The van der Waals surface area contributed by atoms with E-state index in [2.05, 4.69) is 88.7 Å². The molecule has 0 spiro atoms. The molecule has 0 unspecified atom stereocenters. The number of aryl methyl sites for hydroxylation is 3. The zero-order valence-corrected chi connectivity index (χ0v) is 17.9. The van der Waals surface area contributed by atoms with Crippen molar-refractivity contribution in [3.8, 4) is 11.1 Å². The fourth-order valence-corrected chi connectivity index (χ4v) is 4.16. The molecule has 0 nitrogen and oxygen atoms in total. The van der Waals surface area contributed by atoms with E-state index in [0.29, 0.717) is 0 Å². The highest BCUT2D eigenvalue weighted by Crippen LogP contribution is 2.37. The lowest BCUT2D eigenvalue weighted by molar-refractivity contribution is 0.589. The van der Waals surface area contributed by atoms with Crippen LogP contribution in [0.15, 0.2) is 24.3 Å². The Bertz CT molecular complexity index is 709. The summed E-state index contributed by atoms with van der Waals surface area (Å²) >= 11 is 3.73. The summed E-state index contributed by atoms with van der Waals surface area (Å²) in [4.78, 5) is 0. The van der Waals surface area contributed by atoms with Gasteiger partial charge in [0.05, 0.1) is 0 Å². The Morgan fingerprint density at radius 1 is 0.917 bits per heavy atom. The molecule has 0 amide bonds. The van der Waals surface area contributed by atoms with Gasteiger partial charge in [-0.1, -0.05) is 79.9 Å². The smallest absolute Gasteiger partial charge is 0.0286 e. The molecule has 0 aliphatic rings. The van der Waals surface area contributed by atoms with Crippen molar-refractivity contribution in [3.05, 3.63) is 57.6 Å². The van der Waals surface area contributed by atoms with Crippen LogP contribution < -0.4 is 0 Å². The fraction of sp³-hybridized carbons (Fsp3) is 0.478. The second-order valence-electron chi connectivity index (χ2n) is 8.07. The van der Waals surface area contributed by atoms with Crippen LogP contribution in [-0.4, -0.2) is 0 Å². The third-order valence-corrected chi connectivity index (χ3v) is 5.40. The van der Waals surface area contributed by atoms with Crippen LogP contribution in [0.3, 0.4) is 0 Å². The highest BCUT2D eigenvalue weighted by Gasteiger charge is 2.20. The third kappa shape index (κ3) is 3.94. The molecule has 24 heavy (non-hydrogen) atoms. The van der Waals surface area contributed by atoms with Crippen LogP contribution >= 0.6 is 15.9 Å². The van der Waals surface area contributed by atoms with Gasteiger partial charge in [-0.25, -0.2) is 0 Å². The van der Waals surface area contributed by atoms with Gasteiger partial charge in [-0.3, -0.25) is 0 Å². The molecule has 0 aromatic heterocycles. The van der Waals surface area contributed by atoms with Gasteiger partial charge >= 0.3 is 0 Å². The maximum atomic E-state index is 3.73. The van der Waals surface area contributed by atoms with Crippen LogP contribution in [0, 0.1) is 20.8 Å². The molecule has 0 fully saturated rings. The third-order valence-electron chi connectivity index (χ3n) is 4.80. The van der Waals surface area contributed by atoms with E-state index in [-0.39, 0.29) is 5.41 Å². The molecule has 0 saturated carbocycles. The van der Waals surface area contributed by atoms with E-state index in [1.165, 1.54) is 50.9 Å². The average molecular weight is 387 g/mol. The molecule has 0 aliphatic carbocycles. The lowest BCUT2D eigenvalue weighted by Gasteiger charge is -2.25. The molecule has 0 atom stereocenters. The summed E-state index contributed by atoms with van der Waals surface area (Å²) in [6, 6.07) is 9.48. The van der Waals surface area contributed by atoms with Crippen molar-refractivity contribution in [2.75, 3.05) is 0 Å². The van der Waals surface area contributed by atoms with Crippen molar-refractivity contribution in [2.45, 2.75) is 72.1 Å².